The predicted octanol–water partition coefficient (Wildman–Crippen LogP) is 1.60. The Morgan fingerprint density at radius 2 is 2.11 bits per heavy atom. The van der Waals surface area contributed by atoms with Gasteiger partial charge in [-0.05, 0) is 18.8 Å². The third-order valence-corrected chi connectivity index (χ3v) is 3.79. The van der Waals surface area contributed by atoms with Gasteiger partial charge in [0.15, 0.2) is 0 Å². The van der Waals surface area contributed by atoms with E-state index >= 15 is 0 Å². The quantitative estimate of drug-likeness (QED) is 0.782. The number of rotatable bonds is 3. The van der Waals surface area contributed by atoms with Crippen molar-refractivity contribution in [3.8, 4) is 0 Å². The second-order valence-electron chi connectivity index (χ2n) is 5.36. The van der Waals surface area contributed by atoms with Crippen LogP contribution >= 0.6 is 11.6 Å². The molecule has 2 heterocycles. The zero-order chi connectivity index (χ0) is 13.4. The minimum atomic E-state index is -0.401. The van der Waals surface area contributed by atoms with Gasteiger partial charge in [0.05, 0.1) is 6.54 Å². The summed E-state index contributed by atoms with van der Waals surface area (Å²) in [7, 11) is 0. The van der Waals surface area contributed by atoms with Crippen molar-refractivity contribution in [2.45, 2.75) is 38.8 Å². The summed E-state index contributed by atoms with van der Waals surface area (Å²) in [6, 6.07) is -0.675. The summed E-state index contributed by atoms with van der Waals surface area (Å²) in [5.41, 5.74) is 0. The number of fused-ring (bicyclic) bond motifs is 1. The molecule has 0 aromatic heterocycles. The topological polar surface area (TPSA) is 40.6 Å². The number of halogens is 1. The smallest absolute Gasteiger partial charge is 0.246 e. The molecule has 0 aromatic rings. The van der Waals surface area contributed by atoms with Crippen LogP contribution < -0.4 is 0 Å². The second kappa shape index (κ2) is 4.92. The maximum Gasteiger partial charge on any atom is 0.246 e. The summed E-state index contributed by atoms with van der Waals surface area (Å²) in [4.78, 5) is 28.2. The van der Waals surface area contributed by atoms with E-state index in [1.807, 2.05) is 13.8 Å². The largest absolute Gasteiger partial charge is 0.329 e. The van der Waals surface area contributed by atoms with Crippen LogP contribution in [0.25, 0.3) is 0 Å². The normalized spacial score (nSPS) is 28.0. The van der Waals surface area contributed by atoms with Crippen molar-refractivity contribution in [2.75, 3.05) is 13.1 Å². The van der Waals surface area contributed by atoms with E-state index in [1.165, 1.54) is 0 Å². The van der Waals surface area contributed by atoms with E-state index < -0.39 is 6.04 Å². The molecule has 5 heteroatoms. The summed E-state index contributed by atoms with van der Waals surface area (Å²) in [6.45, 7) is 8.51. The molecule has 2 aliphatic heterocycles. The first-order valence-electron chi connectivity index (χ1n) is 6.37. The summed E-state index contributed by atoms with van der Waals surface area (Å²) < 4.78 is 0. The molecule has 0 N–H and O–H groups in total. The highest BCUT2D eigenvalue weighted by molar-refractivity contribution is 6.29. The van der Waals surface area contributed by atoms with Crippen LogP contribution in [0.4, 0.5) is 0 Å². The average molecular weight is 271 g/mol. The van der Waals surface area contributed by atoms with Gasteiger partial charge in [-0.1, -0.05) is 32.0 Å². The Balaban J connectivity index is 2.31. The SMILES string of the molecule is C=C(Cl)CN1C(=O)C2CCCN2C(=O)C1C(C)C. The Kier molecular flexibility index (Phi) is 3.66. The molecule has 18 heavy (non-hydrogen) atoms. The van der Waals surface area contributed by atoms with E-state index in [1.54, 1.807) is 9.80 Å². The molecule has 4 nitrogen and oxygen atoms in total. The number of hydrogen-bond donors (Lipinski definition) is 0. The second-order valence-corrected chi connectivity index (χ2v) is 5.90. The monoisotopic (exact) mass is 270 g/mol. The Morgan fingerprint density at radius 3 is 2.67 bits per heavy atom. The average Bonchev–Trinajstić information content (AvgIpc) is 2.73. The molecule has 100 valence electrons. The fourth-order valence-electron chi connectivity index (χ4n) is 2.93. The molecular formula is C13H19ClN2O2. The Bertz CT molecular complexity index is 394. The molecule has 2 saturated heterocycles. The van der Waals surface area contributed by atoms with Gasteiger partial charge in [0, 0.05) is 11.6 Å². The van der Waals surface area contributed by atoms with Crippen molar-refractivity contribution in [1.29, 1.82) is 0 Å². The van der Waals surface area contributed by atoms with Crippen LogP contribution in [-0.2, 0) is 9.59 Å². The highest BCUT2D eigenvalue weighted by Gasteiger charge is 2.48. The van der Waals surface area contributed by atoms with Gasteiger partial charge in [-0.25, -0.2) is 0 Å². The molecule has 2 unspecified atom stereocenters. The first kappa shape index (κ1) is 13.4. The van der Waals surface area contributed by atoms with Gasteiger partial charge in [-0.2, -0.15) is 0 Å². The molecule has 2 aliphatic rings. The van der Waals surface area contributed by atoms with Crippen LogP contribution in [-0.4, -0.2) is 46.8 Å². The molecule has 0 aromatic carbocycles. The van der Waals surface area contributed by atoms with Gasteiger partial charge in [0.1, 0.15) is 12.1 Å². The summed E-state index contributed by atoms with van der Waals surface area (Å²) >= 11 is 5.82. The summed E-state index contributed by atoms with van der Waals surface area (Å²) in [5.74, 6) is 0.164. The maximum atomic E-state index is 12.4. The maximum absolute atomic E-state index is 12.4. The predicted molar refractivity (Wildman–Crippen MR) is 70.1 cm³/mol. The van der Waals surface area contributed by atoms with Crippen LogP contribution in [0.5, 0.6) is 0 Å². The molecule has 0 radical (unpaired) electrons. The zero-order valence-corrected chi connectivity index (χ0v) is 11.6. The van der Waals surface area contributed by atoms with Gasteiger partial charge in [-0.15, -0.1) is 0 Å². The first-order chi connectivity index (χ1) is 8.43. The van der Waals surface area contributed by atoms with E-state index in [2.05, 4.69) is 6.58 Å². The molecule has 2 fully saturated rings. The molecular weight excluding hydrogens is 252 g/mol. The van der Waals surface area contributed by atoms with Gasteiger partial charge in [0.25, 0.3) is 0 Å². The van der Waals surface area contributed by atoms with E-state index in [-0.39, 0.29) is 30.3 Å². The summed E-state index contributed by atoms with van der Waals surface area (Å²) in [6.07, 6.45) is 1.67. The van der Waals surface area contributed by atoms with Gasteiger partial charge < -0.3 is 9.80 Å². The van der Waals surface area contributed by atoms with Crippen molar-refractivity contribution in [3.05, 3.63) is 11.6 Å². The van der Waals surface area contributed by atoms with E-state index in [0.29, 0.717) is 11.6 Å². The minimum Gasteiger partial charge on any atom is -0.329 e. The molecule has 2 amide bonds. The van der Waals surface area contributed by atoms with E-state index in [9.17, 15) is 9.59 Å². The molecule has 0 spiro atoms. The minimum absolute atomic E-state index is 0.0209. The lowest BCUT2D eigenvalue weighted by Crippen LogP contribution is -2.64. The van der Waals surface area contributed by atoms with Crippen LogP contribution in [0.1, 0.15) is 26.7 Å². The number of piperazine rings is 1. The van der Waals surface area contributed by atoms with Crippen LogP contribution in [0, 0.1) is 5.92 Å². The van der Waals surface area contributed by atoms with Gasteiger partial charge in [0.2, 0.25) is 11.8 Å². The van der Waals surface area contributed by atoms with E-state index in [4.69, 9.17) is 11.6 Å². The molecule has 2 atom stereocenters. The molecule has 0 saturated carbocycles. The third kappa shape index (κ3) is 2.14. The number of carbonyl (C=O) groups is 2. The zero-order valence-electron chi connectivity index (χ0n) is 10.9. The van der Waals surface area contributed by atoms with Crippen molar-refractivity contribution in [2.24, 2.45) is 5.92 Å². The fourth-order valence-corrected chi connectivity index (χ4v) is 3.05. The van der Waals surface area contributed by atoms with Crippen LogP contribution in [0.15, 0.2) is 11.6 Å². The van der Waals surface area contributed by atoms with Crippen LogP contribution in [0.2, 0.25) is 0 Å². The highest BCUT2D eigenvalue weighted by Crippen LogP contribution is 2.30. The number of carbonyl (C=O) groups excluding carboxylic acids is 2. The number of hydrogen-bond acceptors (Lipinski definition) is 2. The Hall–Kier alpha value is -1.03. The van der Waals surface area contributed by atoms with Crippen molar-refractivity contribution in [3.63, 3.8) is 0 Å². The van der Waals surface area contributed by atoms with Crippen molar-refractivity contribution in [1.82, 2.24) is 9.80 Å². The lowest BCUT2D eigenvalue weighted by molar-refractivity contribution is -0.160. The number of nitrogens with zero attached hydrogens (tertiary/aromatic N) is 2. The Labute approximate surface area is 113 Å². The van der Waals surface area contributed by atoms with Crippen molar-refractivity contribution >= 4 is 23.4 Å². The molecule has 0 bridgehead atoms. The Morgan fingerprint density at radius 1 is 1.44 bits per heavy atom. The summed E-state index contributed by atoms with van der Waals surface area (Å²) in [5, 5.41) is 0.397. The standard InChI is InChI=1S/C13H19ClN2O2/c1-8(2)11-13(18)15-6-4-5-10(15)12(17)16(11)7-9(3)14/h8,10-11H,3-7H2,1-2H3. The van der Waals surface area contributed by atoms with Crippen molar-refractivity contribution < 1.29 is 9.59 Å². The van der Waals surface area contributed by atoms with Gasteiger partial charge >= 0.3 is 0 Å². The first-order valence-corrected chi connectivity index (χ1v) is 6.75. The van der Waals surface area contributed by atoms with Crippen LogP contribution in [0.3, 0.4) is 0 Å². The number of amides is 2. The third-order valence-electron chi connectivity index (χ3n) is 3.67. The van der Waals surface area contributed by atoms with Gasteiger partial charge in [-0.3, -0.25) is 9.59 Å². The molecule has 2 rings (SSSR count). The molecule has 0 aliphatic carbocycles. The fraction of sp³-hybridized carbons (Fsp3) is 0.692. The lowest BCUT2D eigenvalue weighted by Gasteiger charge is -2.43. The highest BCUT2D eigenvalue weighted by atomic mass is 35.5. The van der Waals surface area contributed by atoms with E-state index in [0.717, 1.165) is 12.8 Å². The lowest BCUT2D eigenvalue weighted by atomic mass is 9.96.